The highest BCUT2D eigenvalue weighted by Gasteiger charge is 2.14. The fourth-order valence-electron chi connectivity index (χ4n) is 6.63. The summed E-state index contributed by atoms with van der Waals surface area (Å²) in [5, 5.41) is 2.17. The first-order chi connectivity index (χ1) is 29.6. The van der Waals surface area contributed by atoms with Gasteiger partial charge in [0.05, 0.1) is 11.0 Å². The molecule has 0 unspecified atom stereocenters. The van der Waals surface area contributed by atoms with Gasteiger partial charge in [-0.2, -0.15) is 0 Å². The smallest absolute Gasteiger partial charge is 0.0645 e. The third-order valence-corrected chi connectivity index (χ3v) is 9.40. The molecule has 0 aliphatic heterocycles. The summed E-state index contributed by atoms with van der Waals surface area (Å²) in [4.78, 5) is 1.34. The molecule has 0 N–H and O–H groups in total. The van der Waals surface area contributed by atoms with Gasteiger partial charge in [-0.1, -0.05) is 170 Å². The zero-order chi connectivity index (χ0) is 42.4. The topological polar surface area (TPSA) is 3.24 Å². The van der Waals surface area contributed by atoms with Gasteiger partial charge < -0.3 is 4.90 Å². The molecular weight excluding hydrogens is 639 g/mol. The highest BCUT2D eigenvalue weighted by Crippen LogP contribution is 2.38. The van der Waals surface area contributed by atoms with E-state index in [1.807, 2.05) is 121 Å². The minimum atomic E-state index is -0.393. The first-order valence-electron chi connectivity index (χ1n) is 21.5. The lowest BCUT2D eigenvalue weighted by molar-refractivity contribution is 1.28. The van der Waals surface area contributed by atoms with Crippen molar-refractivity contribution in [3.05, 3.63) is 224 Å². The second kappa shape index (κ2) is 14.3. The Bertz CT molecular complexity index is 3060. The van der Waals surface area contributed by atoms with E-state index in [0.29, 0.717) is 16.8 Å². The first kappa shape index (κ1) is 24.3. The average Bonchev–Trinajstić information content (AvgIpc) is 3.30. The molecule has 0 heterocycles. The second-order valence-electron chi connectivity index (χ2n) is 12.8. The maximum absolute atomic E-state index is 9.52. The van der Waals surface area contributed by atoms with Crippen molar-refractivity contribution < 1.29 is 11.0 Å². The Morgan fingerprint density at radius 3 is 1.19 bits per heavy atom. The monoisotopic (exact) mass is 683 g/mol. The van der Waals surface area contributed by atoms with Crippen molar-refractivity contribution in [1.29, 1.82) is 0 Å². The van der Waals surface area contributed by atoms with Crippen LogP contribution in [0, 0.1) is 0 Å². The van der Waals surface area contributed by atoms with Crippen molar-refractivity contribution in [2.45, 2.75) is 0 Å². The quantitative estimate of drug-likeness (QED) is 0.154. The molecule has 0 aliphatic carbocycles. The van der Waals surface area contributed by atoms with Gasteiger partial charge in [-0.15, -0.1) is 0 Å². The highest BCUT2D eigenvalue weighted by atomic mass is 15.1. The molecule has 0 spiro atoms. The van der Waals surface area contributed by atoms with Crippen LogP contribution in [-0.2, 0) is 0 Å². The van der Waals surface area contributed by atoms with E-state index in [1.165, 1.54) is 4.90 Å². The molecule has 0 amide bonds. The molecule has 0 aliphatic rings. The van der Waals surface area contributed by atoms with Crippen molar-refractivity contribution in [2.75, 3.05) is 4.90 Å². The van der Waals surface area contributed by atoms with Gasteiger partial charge in [0.2, 0.25) is 0 Å². The largest absolute Gasteiger partial charge is 0.311 e. The van der Waals surface area contributed by atoms with Crippen LogP contribution in [0.5, 0.6) is 0 Å². The molecule has 1 nitrogen and oxygen atoms in total. The molecule has 1 heteroatoms. The fourth-order valence-corrected chi connectivity index (χ4v) is 6.63. The van der Waals surface area contributed by atoms with E-state index in [9.17, 15) is 8.22 Å². The van der Waals surface area contributed by atoms with Crippen LogP contribution in [0.4, 0.5) is 17.1 Å². The molecular formula is C52H37N. The molecule has 0 radical (unpaired) electrons. The van der Waals surface area contributed by atoms with E-state index in [4.69, 9.17) is 2.74 Å². The van der Waals surface area contributed by atoms with Gasteiger partial charge in [-0.05, 0) is 121 Å². The van der Waals surface area contributed by atoms with Crippen LogP contribution >= 0.6 is 0 Å². The zero-order valence-electron chi connectivity index (χ0n) is 36.7. The summed E-state index contributed by atoms with van der Waals surface area (Å²) in [7, 11) is 0. The number of nitrogens with zero attached hydrogens (tertiary/aromatic N) is 1. The number of anilines is 3. The number of rotatable bonds is 8. The third kappa shape index (κ3) is 6.77. The lowest BCUT2D eigenvalue weighted by Gasteiger charge is -2.26. The Kier molecular flexibility index (Phi) is 6.57. The fraction of sp³-hybridized carbons (Fsp3) is 0. The van der Waals surface area contributed by atoms with E-state index in [0.717, 1.165) is 44.2 Å². The molecule has 0 saturated heterocycles. The molecule has 0 saturated carbocycles. The Morgan fingerprint density at radius 1 is 0.245 bits per heavy atom. The Labute approximate surface area is 323 Å². The van der Waals surface area contributed by atoms with Crippen molar-refractivity contribution in [2.24, 2.45) is 0 Å². The summed E-state index contributed by atoms with van der Waals surface area (Å²) < 4.78 is 74.9. The van der Waals surface area contributed by atoms with Gasteiger partial charge in [0.25, 0.3) is 0 Å². The number of fused-ring (bicyclic) bond motifs is 1. The summed E-state index contributed by atoms with van der Waals surface area (Å²) in [6, 6.07) is 53.0. The van der Waals surface area contributed by atoms with Crippen molar-refractivity contribution in [3.8, 4) is 55.6 Å². The van der Waals surface area contributed by atoms with Crippen molar-refractivity contribution in [1.82, 2.24) is 0 Å². The van der Waals surface area contributed by atoms with Crippen LogP contribution in [0.1, 0.15) is 11.0 Å². The normalized spacial score (nSPS) is 13.1. The van der Waals surface area contributed by atoms with Crippen LogP contribution in [0.3, 0.4) is 0 Å². The van der Waals surface area contributed by atoms with Crippen LogP contribution in [0.25, 0.3) is 66.4 Å². The molecule has 9 rings (SSSR count). The summed E-state index contributed by atoms with van der Waals surface area (Å²) >= 11 is 0. The van der Waals surface area contributed by atoms with Crippen LogP contribution < -0.4 is 4.90 Å². The van der Waals surface area contributed by atoms with E-state index in [1.54, 1.807) is 42.5 Å². The minimum Gasteiger partial charge on any atom is -0.311 e. The van der Waals surface area contributed by atoms with Gasteiger partial charge in [0, 0.05) is 17.1 Å². The molecule has 250 valence electrons. The van der Waals surface area contributed by atoms with E-state index < -0.39 is 12.1 Å². The van der Waals surface area contributed by atoms with E-state index in [-0.39, 0.29) is 58.8 Å². The molecule has 0 atom stereocenters. The van der Waals surface area contributed by atoms with Gasteiger partial charge in [-0.3, -0.25) is 0 Å². The molecule has 0 bridgehead atoms. The van der Waals surface area contributed by atoms with Gasteiger partial charge in [0.1, 0.15) is 0 Å². The minimum absolute atomic E-state index is 0.106. The number of hydrogen-bond donors (Lipinski definition) is 0. The second-order valence-corrected chi connectivity index (χ2v) is 12.8. The van der Waals surface area contributed by atoms with Gasteiger partial charge >= 0.3 is 0 Å². The molecule has 9 aromatic rings. The predicted octanol–water partition coefficient (Wildman–Crippen LogP) is 14.6. The Balaban J connectivity index is 1.21. The lowest BCUT2D eigenvalue weighted by atomic mass is 9.97. The summed E-state index contributed by atoms with van der Waals surface area (Å²) in [6.45, 7) is 0. The predicted molar refractivity (Wildman–Crippen MR) is 226 cm³/mol. The number of hydrogen-bond acceptors (Lipinski definition) is 1. The number of benzene rings is 9. The Hall–Kier alpha value is -6.96. The van der Waals surface area contributed by atoms with Crippen LogP contribution in [0.2, 0.25) is 0 Å². The summed E-state index contributed by atoms with van der Waals surface area (Å²) in [5.41, 5.74) is 6.89. The van der Waals surface area contributed by atoms with E-state index in [2.05, 4.69) is 12.1 Å². The average molecular weight is 684 g/mol. The molecule has 53 heavy (non-hydrogen) atoms. The Morgan fingerprint density at radius 2 is 0.623 bits per heavy atom. The molecule has 9 aromatic carbocycles. The first-order valence-corrected chi connectivity index (χ1v) is 17.5. The standard InChI is InChI=1S/C52H37N/c1-3-11-38(12-4-1)41-23-29-50(30-24-41)53(51-31-25-42(26-32-51)46-18-9-17-45(35-46)39-13-5-2-6-14-39)52-33-27-43(28-34-52)47-19-10-20-48(36-47)49-22-21-40-15-7-8-16-44(40)37-49/h1-37H/i23D,24D,27D,28D,29D,30D,33D,34D. The molecule has 0 fully saturated rings. The summed E-state index contributed by atoms with van der Waals surface area (Å²) in [6.07, 6.45) is 0. The van der Waals surface area contributed by atoms with Crippen LogP contribution in [0.15, 0.2) is 224 Å². The van der Waals surface area contributed by atoms with Gasteiger partial charge in [0.15, 0.2) is 0 Å². The third-order valence-electron chi connectivity index (χ3n) is 9.40. The van der Waals surface area contributed by atoms with Crippen LogP contribution in [-0.4, -0.2) is 0 Å². The summed E-state index contributed by atoms with van der Waals surface area (Å²) in [5.74, 6) is 0. The van der Waals surface area contributed by atoms with E-state index >= 15 is 0 Å². The highest BCUT2D eigenvalue weighted by molar-refractivity contribution is 5.88. The SMILES string of the molecule is [2H]c1c([2H])c(N(c2ccc(-c3cccc(-c4ccccc4)c3)cc2)c2c([2H])c([2H])c(-c3cccc(-c4ccc5ccccc5c4)c3)c([2H])c2[2H])c([2H])c([2H])c1-c1ccccc1. The lowest BCUT2D eigenvalue weighted by Crippen LogP contribution is -2.09. The maximum Gasteiger partial charge on any atom is 0.0645 e. The van der Waals surface area contributed by atoms with Gasteiger partial charge in [-0.25, -0.2) is 0 Å². The van der Waals surface area contributed by atoms with Crippen molar-refractivity contribution >= 4 is 27.8 Å². The van der Waals surface area contributed by atoms with Crippen molar-refractivity contribution in [3.63, 3.8) is 0 Å². The maximum atomic E-state index is 9.52. The molecule has 0 aromatic heterocycles. The zero-order valence-corrected chi connectivity index (χ0v) is 28.7.